The summed E-state index contributed by atoms with van der Waals surface area (Å²) < 4.78 is 0. The predicted octanol–water partition coefficient (Wildman–Crippen LogP) is 3.42. The lowest BCUT2D eigenvalue weighted by Gasteiger charge is -2.48. The summed E-state index contributed by atoms with van der Waals surface area (Å²) in [5, 5.41) is 3.79. The third-order valence-corrected chi connectivity index (χ3v) is 6.01. The summed E-state index contributed by atoms with van der Waals surface area (Å²) in [5.74, 6) is 1.97. The molecule has 0 aromatic carbocycles. The Labute approximate surface area is 119 Å². The van der Waals surface area contributed by atoms with Gasteiger partial charge < -0.3 is 5.32 Å². The van der Waals surface area contributed by atoms with Crippen molar-refractivity contribution < 1.29 is 0 Å². The number of rotatable bonds is 3. The molecular weight excluding hydrogens is 232 g/mol. The van der Waals surface area contributed by atoms with E-state index in [-0.39, 0.29) is 0 Å². The van der Waals surface area contributed by atoms with Gasteiger partial charge in [0.1, 0.15) is 0 Å². The van der Waals surface area contributed by atoms with E-state index in [1.54, 1.807) is 0 Å². The van der Waals surface area contributed by atoms with Crippen molar-refractivity contribution in [2.24, 2.45) is 11.8 Å². The molecule has 1 heterocycles. The largest absolute Gasteiger partial charge is 0.313 e. The molecule has 5 unspecified atom stereocenters. The zero-order valence-electron chi connectivity index (χ0n) is 12.9. The van der Waals surface area contributed by atoms with Crippen molar-refractivity contribution in [2.75, 3.05) is 13.1 Å². The molecule has 19 heavy (non-hydrogen) atoms. The number of piperidine rings is 1. The molecular formula is C17H32N2. The van der Waals surface area contributed by atoms with Crippen molar-refractivity contribution in [1.29, 1.82) is 0 Å². The van der Waals surface area contributed by atoms with Crippen LogP contribution in [0.5, 0.6) is 0 Å². The molecule has 3 aliphatic rings. The molecule has 0 aromatic heterocycles. The zero-order valence-corrected chi connectivity index (χ0v) is 12.9. The van der Waals surface area contributed by atoms with Crippen LogP contribution in [0.15, 0.2) is 0 Å². The van der Waals surface area contributed by atoms with Gasteiger partial charge >= 0.3 is 0 Å². The molecule has 0 bridgehead atoms. The lowest BCUT2D eigenvalue weighted by Crippen LogP contribution is -2.58. The molecule has 0 radical (unpaired) electrons. The molecule has 2 nitrogen and oxygen atoms in total. The summed E-state index contributed by atoms with van der Waals surface area (Å²) in [4.78, 5) is 2.95. The van der Waals surface area contributed by atoms with E-state index in [2.05, 4.69) is 24.1 Å². The smallest absolute Gasteiger partial charge is 0.0254 e. The summed E-state index contributed by atoms with van der Waals surface area (Å²) >= 11 is 0. The highest BCUT2D eigenvalue weighted by Crippen LogP contribution is 2.40. The molecule has 110 valence electrons. The summed E-state index contributed by atoms with van der Waals surface area (Å²) in [7, 11) is 0. The van der Waals surface area contributed by atoms with Gasteiger partial charge in [-0.2, -0.15) is 0 Å². The first-order chi connectivity index (χ1) is 9.29. The van der Waals surface area contributed by atoms with E-state index in [9.17, 15) is 0 Å². The Morgan fingerprint density at radius 3 is 2.68 bits per heavy atom. The van der Waals surface area contributed by atoms with Crippen LogP contribution >= 0.6 is 0 Å². The van der Waals surface area contributed by atoms with Gasteiger partial charge in [0.2, 0.25) is 0 Å². The van der Waals surface area contributed by atoms with Gasteiger partial charge in [-0.15, -0.1) is 0 Å². The molecule has 3 rings (SSSR count). The fraction of sp³-hybridized carbons (Fsp3) is 1.00. The Kier molecular flexibility index (Phi) is 4.48. The van der Waals surface area contributed by atoms with E-state index in [1.165, 1.54) is 57.9 Å². The van der Waals surface area contributed by atoms with Crippen LogP contribution in [0, 0.1) is 11.8 Å². The average Bonchev–Trinajstić information content (AvgIpc) is 2.89. The minimum Gasteiger partial charge on any atom is -0.313 e. The first kappa shape index (κ1) is 13.9. The molecule has 1 N–H and O–H groups in total. The summed E-state index contributed by atoms with van der Waals surface area (Å²) in [6, 6.07) is 2.53. The molecule has 5 atom stereocenters. The van der Waals surface area contributed by atoms with Crippen LogP contribution < -0.4 is 5.32 Å². The maximum atomic E-state index is 3.79. The SMILES string of the molecule is CCNC1CCC(C)CC1N1CCCC2CCCC21. The van der Waals surface area contributed by atoms with Crippen molar-refractivity contribution in [3.63, 3.8) is 0 Å². The van der Waals surface area contributed by atoms with Gasteiger partial charge in [0.15, 0.2) is 0 Å². The predicted molar refractivity (Wildman–Crippen MR) is 81.3 cm³/mol. The van der Waals surface area contributed by atoms with Gasteiger partial charge in [-0.05, 0) is 69.9 Å². The summed E-state index contributed by atoms with van der Waals surface area (Å²) in [6.45, 7) is 7.24. The third kappa shape index (κ3) is 2.85. The van der Waals surface area contributed by atoms with Crippen LogP contribution in [0.3, 0.4) is 0 Å². The minimum absolute atomic E-state index is 0.764. The van der Waals surface area contributed by atoms with Gasteiger partial charge in [0, 0.05) is 18.1 Å². The Bertz CT molecular complexity index is 291. The number of likely N-dealkylation sites (tertiary alicyclic amines) is 1. The topological polar surface area (TPSA) is 15.3 Å². The van der Waals surface area contributed by atoms with Crippen molar-refractivity contribution in [2.45, 2.75) is 83.3 Å². The maximum absolute atomic E-state index is 3.79. The number of fused-ring (bicyclic) bond motifs is 1. The maximum Gasteiger partial charge on any atom is 0.0254 e. The van der Waals surface area contributed by atoms with Crippen LogP contribution in [0.25, 0.3) is 0 Å². The number of nitrogens with zero attached hydrogens (tertiary/aromatic N) is 1. The van der Waals surface area contributed by atoms with E-state index < -0.39 is 0 Å². The molecule has 3 fully saturated rings. The van der Waals surface area contributed by atoms with Gasteiger partial charge in [-0.3, -0.25) is 4.90 Å². The van der Waals surface area contributed by atoms with Crippen LogP contribution in [0.2, 0.25) is 0 Å². The fourth-order valence-electron chi connectivity index (χ4n) is 5.12. The standard InChI is InChI=1S/C17H32N2/c1-3-18-15-10-9-13(2)12-17(15)19-11-5-7-14-6-4-8-16(14)19/h13-18H,3-12H2,1-2H3. The van der Waals surface area contributed by atoms with E-state index in [4.69, 9.17) is 0 Å². The summed E-state index contributed by atoms with van der Waals surface area (Å²) in [6.07, 6.45) is 11.7. The highest BCUT2D eigenvalue weighted by molar-refractivity contribution is 4.97. The number of hydrogen-bond acceptors (Lipinski definition) is 2. The second kappa shape index (κ2) is 6.13. The lowest BCUT2D eigenvalue weighted by molar-refractivity contribution is 0.0223. The Morgan fingerprint density at radius 1 is 1.00 bits per heavy atom. The highest BCUT2D eigenvalue weighted by atomic mass is 15.2. The molecule has 0 aromatic rings. The Hall–Kier alpha value is -0.0800. The van der Waals surface area contributed by atoms with E-state index in [1.807, 2.05) is 0 Å². The normalized spacial score (nSPS) is 44.2. The molecule has 1 aliphatic heterocycles. The number of hydrogen-bond donors (Lipinski definition) is 1. The zero-order chi connectivity index (χ0) is 13.2. The first-order valence-electron chi connectivity index (χ1n) is 8.78. The van der Waals surface area contributed by atoms with Gasteiger partial charge in [0.05, 0.1) is 0 Å². The Morgan fingerprint density at radius 2 is 1.84 bits per heavy atom. The van der Waals surface area contributed by atoms with Gasteiger partial charge in [-0.1, -0.05) is 20.3 Å². The number of likely N-dealkylation sites (N-methyl/N-ethyl adjacent to an activating group) is 1. The minimum atomic E-state index is 0.764. The van der Waals surface area contributed by atoms with Crippen molar-refractivity contribution >= 4 is 0 Å². The van der Waals surface area contributed by atoms with Crippen molar-refractivity contribution in [1.82, 2.24) is 10.2 Å². The molecule has 2 aliphatic carbocycles. The second-order valence-electron chi connectivity index (χ2n) is 7.29. The number of nitrogens with one attached hydrogen (secondary N) is 1. The quantitative estimate of drug-likeness (QED) is 0.840. The monoisotopic (exact) mass is 264 g/mol. The van der Waals surface area contributed by atoms with Gasteiger partial charge in [0.25, 0.3) is 0 Å². The molecule has 1 saturated heterocycles. The first-order valence-corrected chi connectivity index (χ1v) is 8.78. The van der Waals surface area contributed by atoms with Crippen LogP contribution in [-0.4, -0.2) is 36.1 Å². The molecule has 2 saturated carbocycles. The van der Waals surface area contributed by atoms with E-state index in [0.29, 0.717) is 0 Å². The fourth-order valence-corrected chi connectivity index (χ4v) is 5.12. The van der Waals surface area contributed by atoms with E-state index in [0.717, 1.165) is 36.5 Å². The second-order valence-corrected chi connectivity index (χ2v) is 7.29. The van der Waals surface area contributed by atoms with Crippen LogP contribution in [0.1, 0.15) is 65.2 Å². The van der Waals surface area contributed by atoms with E-state index >= 15 is 0 Å². The molecule has 2 heteroatoms. The van der Waals surface area contributed by atoms with Gasteiger partial charge in [-0.25, -0.2) is 0 Å². The third-order valence-electron chi connectivity index (χ3n) is 6.01. The average molecular weight is 264 g/mol. The lowest BCUT2D eigenvalue weighted by atomic mass is 9.80. The Balaban J connectivity index is 1.72. The summed E-state index contributed by atoms with van der Waals surface area (Å²) in [5.41, 5.74) is 0. The molecule has 0 amide bonds. The van der Waals surface area contributed by atoms with Crippen LogP contribution in [-0.2, 0) is 0 Å². The van der Waals surface area contributed by atoms with Crippen molar-refractivity contribution in [3.05, 3.63) is 0 Å². The van der Waals surface area contributed by atoms with Crippen LogP contribution in [0.4, 0.5) is 0 Å². The van der Waals surface area contributed by atoms with Crippen molar-refractivity contribution in [3.8, 4) is 0 Å². The highest BCUT2D eigenvalue weighted by Gasteiger charge is 2.41. The molecule has 0 spiro atoms.